The predicted octanol–water partition coefficient (Wildman–Crippen LogP) is 3.82. The minimum atomic E-state index is 0.0381. The van der Waals surface area contributed by atoms with E-state index >= 15 is 0 Å². The van der Waals surface area contributed by atoms with Gasteiger partial charge < -0.3 is 10.2 Å². The van der Waals surface area contributed by atoms with Gasteiger partial charge >= 0.3 is 0 Å². The van der Waals surface area contributed by atoms with E-state index in [0.29, 0.717) is 0 Å². The number of fused-ring (bicyclic) bond motifs is 1. The normalized spacial score (nSPS) is 11.2. The highest BCUT2D eigenvalue weighted by Gasteiger charge is 1.97. The van der Waals surface area contributed by atoms with Crippen LogP contribution in [0.2, 0.25) is 0 Å². The maximum atomic E-state index is 9.42. The van der Waals surface area contributed by atoms with E-state index in [1.54, 1.807) is 18.2 Å². The molecule has 2 N–H and O–H groups in total. The Hall–Kier alpha value is -2.81. The molecule has 0 saturated heterocycles. The molecule has 2 aromatic carbocycles. The van der Waals surface area contributed by atoms with E-state index in [0.717, 1.165) is 22.2 Å². The second kappa shape index (κ2) is 5.05. The number of rotatable bonds is 2. The van der Waals surface area contributed by atoms with Gasteiger partial charge in [-0.1, -0.05) is 30.3 Å². The van der Waals surface area contributed by atoms with Crippen LogP contribution < -0.4 is 0 Å². The molecule has 0 atom stereocenters. The van der Waals surface area contributed by atoms with E-state index in [2.05, 4.69) is 4.98 Å². The molecule has 3 nitrogen and oxygen atoms in total. The Morgan fingerprint density at radius 1 is 0.800 bits per heavy atom. The molecule has 0 fully saturated rings. The lowest BCUT2D eigenvalue weighted by Crippen LogP contribution is -1.82. The number of phenols is 2. The molecule has 0 bridgehead atoms. The van der Waals surface area contributed by atoms with Gasteiger partial charge in [0, 0.05) is 11.5 Å². The molecule has 1 heterocycles. The predicted molar refractivity (Wildman–Crippen MR) is 80.4 cm³/mol. The van der Waals surface area contributed by atoms with Gasteiger partial charge in [-0.15, -0.1) is 0 Å². The smallest absolute Gasteiger partial charge is 0.119 e. The molecule has 0 unspecified atom stereocenters. The number of hydrogen-bond acceptors (Lipinski definition) is 3. The van der Waals surface area contributed by atoms with Crippen molar-refractivity contribution in [2.75, 3.05) is 0 Å². The number of aromatic hydroxyl groups is 2. The van der Waals surface area contributed by atoms with Crippen LogP contribution in [0.5, 0.6) is 11.5 Å². The highest BCUT2D eigenvalue weighted by Crippen LogP contribution is 2.22. The minimum absolute atomic E-state index is 0.0381. The van der Waals surface area contributed by atoms with Crippen molar-refractivity contribution in [3.63, 3.8) is 0 Å². The van der Waals surface area contributed by atoms with Gasteiger partial charge in [0.05, 0.1) is 11.2 Å². The fourth-order valence-corrected chi connectivity index (χ4v) is 2.07. The van der Waals surface area contributed by atoms with E-state index < -0.39 is 0 Å². The zero-order valence-corrected chi connectivity index (χ0v) is 10.7. The minimum Gasteiger partial charge on any atom is -0.508 e. The van der Waals surface area contributed by atoms with Crippen molar-refractivity contribution in [1.29, 1.82) is 0 Å². The van der Waals surface area contributed by atoms with Crippen LogP contribution in [0, 0.1) is 0 Å². The Bertz CT molecular complexity index is 774. The first kappa shape index (κ1) is 12.2. The molecule has 0 aliphatic rings. The molecule has 0 saturated carbocycles. The summed E-state index contributed by atoms with van der Waals surface area (Å²) in [5.74, 6) is 0.0761. The first-order valence-electron chi connectivity index (χ1n) is 6.28. The molecular formula is C17H13NO2. The second-order valence-electron chi connectivity index (χ2n) is 4.54. The SMILES string of the molecule is Oc1cc(O)cc(/C=C/c2ccc3ccccc3n2)c1. The average molecular weight is 263 g/mol. The molecule has 1 aromatic heterocycles. The summed E-state index contributed by atoms with van der Waals surface area (Å²) in [6, 6.07) is 16.3. The van der Waals surface area contributed by atoms with Crippen LogP contribution in [-0.2, 0) is 0 Å². The van der Waals surface area contributed by atoms with E-state index in [-0.39, 0.29) is 11.5 Å². The summed E-state index contributed by atoms with van der Waals surface area (Å²) in [7, 11) is 0. The summed E-state index contributed by atoms with van der Waals surface area (Å²) in [5.41, 5.74) is 2.48. The van der Waals surface area contributed by atoms with Crippen LogP contribution in [0.15, 0.2) is 54.6 Å². The first-order valence-corrected chi connectivity index (χ1v) is 6.28. The third kappa shape index (κ3) is 2.62. The van der Waals surface area contributed by atoms with Crippen molar-refractivity contribution in [3.05, 3.63) is 65.9 Å². The van der Waals surface area contributed by atoms with Gasteiger partial charge in [0.2, 0.25) is 0 Å². The Balaban J connectivity index is 1.93. The van der Waals surface area contributed by atoms with Gasteiger partial charge in [-0.2, -0.15) is 0 Å². The third-order valence-corrected chi connectivity index (χ3v) is 2.99. The molecule has 3 heteroatoms. The number of benzene rings is 2. The third-order valence-electron chi connectivity index (χ3n) is 2.99. The number of para-hydroxylation sites is 1. The molecule has 0 spiro atoms. The first-order chi connectivity index (χ1) is 9.70. The molecule has 98 valence electrons. The summed E-state index contributed by atoms with van der Waals surface area (Å²) in [5, 5.41) is 19.9. The topological polar surface area (TPSA) is 53.4 Å². The van der Waals surface area contributed by atoms with Crippen LogP contribution in [-0.4, -0.2) is 15.2 Å². The Morgan fingerprint density at radius 2 is 1.55 bits per heavy atom. The van der Waals surface area contributed by atoms with Crippen molar-refractivity contribution in [1.82, 2.24) is 4.98 Å². The van der Waals surface area contributed by atoms with E-state index in [9.17, 15) is 10.2 Å². The lowest BCUT2D eigenvalue weighted by molar-refractivity contribution is 0.450. The van der Waals surface area contributed by atoms with Crippen LogP contribution in [0.3, 0.4) is 0 Å². The zero-order chi connectivity index (χ0) is 13.9. The van der Waals surface area contributed by atoms with Gasteiger partial charge in [0.15, 0.2) is 0 Å². The van der Waals surface area contributed by atoms with Crippen molar-refractivity contribution in [2.24, 2.45) is 0 Å². The van der Waals surface area contributed by atoms with Gasteiger partial charge in [-0.25, -0.2) is 4.98 Å². The van der Waals surface area contributed by atoms with Gasteiger partial charge in [-0.05, 0) is 35.9 Å². The van der Waals surface area contributed by atoms with E-state index in [4.69, 9.17) is 0 Å². The lowest BCUT2D eigenvalue weighted by atomic mass is 10.1. The zero-order valence-electron chi connectivity index (χ0n) is 10.7. The fraction of sp³-hybridized carbons (Fsp3) is 0. The lowest BCUT2D eigenvalue weighted by Gasteiger charge is -2.00. The Labute approximate surface area is 116 Å². The van der Waals surface area contributed by atoms with Crippen molar-refractivity contribution >= 4 is 23.1 Å². The standard InChI is InChI=1S/C17H13NO2/c19-15-9-12(10-16(20)11-15)5-7-14-8-6-13-3-1-2-4-17(13)18-14/h1-11,19-20H/b7-5+. The number of phenolic OH excluding ortho intramolecular Hbond substituents is 2. The van der Waals surface area contributed by atoms with Crippen LogP contribution in [0.1, 0.15) is 11.3 Å². The largest absolute Gasteiger partial charge is 0.508 e. The van der Waals surface area contributed by atoms with Crippen molar-refractivity contribution in [2.45, 2.75) is 0 Å². The molecule has 0 radical (unpaired) electrons. The maximum absolute atomic E-state index is 9.42. The Morgan fingerprint density at radius 3 is 2.35 bits per heavy atom. The second-order valence-corrected chi connectivity index (χ2v) is 4.54. The van der Waals surface area contributed by atoms with E-state index in [1.807, 2.05) is 42.5 Å². The quantitative estimate of drug-likeness (QED) is 0.739. The molecule has 3 rings (SSSR count). The molecular weight excluding hydrogens is 250 g/mol. The number of pyridine rings is 1. The van der Waals surface area contributed by atoms with Gasteiger partial charge in [0.1, 0.15) is 11.5 Å². The van der Waals surface area contributed by atoms with Crippen LogP contribution >= 0.6 is 0 Å². The molecule has 20 heavy (non-hydrogen) atoms. The monoisotopic (exact) mass is 263 g/mol. The maximum Gasteiger partial charge on any atom is 0.119 e. The molecule has 0 aliphatic carbocycles. The van der Waals surface area contributed by atoms with Crippen molar-refractivity contribution < 1.29 is 10.2 Å². The summed E-state index contributed by atoms with van der Waals surface area (Å²) < 4.78 is 0. The highest BCUT2D eigenvalue weighted by atomic mass is 16.3. The molecule has 3 aromatic rings. The number of hydrogen-bond donors (Lipinski definition) is 2. The number of nitrogens with zero attached hydrogens (tertiary/aromatic N) is 1. The summed E-state index contributed by atoms with van der Waals surface area (Å²) in [6.07, 6.45) is 3.65. The van der Waals surface area contributed by atoms with Crippen LogP contribution in [0.25, 0.3) is 23.1 Å². The summed E-state index contributed by atoms with van der Waals surface area (Å²) >= 11 is 0. The van der Waals surface area contributed by atoms with Crippen molar-refractivity contribution in [3.8, 4) is 11.5 Å². The van der Waals surface area contributed by atoms with Crippen LogP contribution in [0.4, 0.5) is 0 Å². The summed E-state index contributed by atoms with van der Waals surface area (Å²) in [6.45, 7) is 0. The van der Waals surface area contributed by atoms with Gasteiger partial charge in [-0.3, -0.25) is 0 Å². The average Bonchev–Trinajstić information content (AvgIpc) is 2.44. The fourth-order valence-electron chi connectivity index (χ4n) is 2.07. The molecule has 0 amide bonds. The number of aromatic nitrogens is 1. The molecule has 0 aliphatic heterocycles. The Kier molecular flexibility index (Phi) is 3.09. The highest BCUT2D eigenvalue weighted by molar-refractivity contribution is 5.80. The van der Waals surface area contributed by atoms with Gasteiger partial charge in [0.25, 0.3) is 0 Å². The summed E-state index contributed by atoms with van der Waals surface area (Å²) in [4.78, 5) is 4.52. The van der Waals surface area contributed by atoms with E-state index in [1.165, 1.54) is 6.07 Å².